The van der Waals surface area contributed by atoms with E-state index in [1.807, 2.05) is 6.07 Å². The molecule has 0 aromatic carbocycles. The van der Waals surface area contributed by atoms with E-state index in [0.717, 1.165) is 17.0 Å². The topological polar surface area (TPSA) is 129 Å². The molecule has 0 spiro atoms. The first-order valence-corrected chi connectivity index (χ1v) is 8.51. The van der Waals surface area contributed by atoms with Crippen molar-refractivity contribution >= 4 is 17.8 Å². The maximum atomic E-state index is 12.5. The zero-order valence-corrected chi connectivity index (χ0v) is 14.6. The Hall–Kier alpha value is -3.43. The number of imidazole rings is 1. The number of methoxy groups -OCH3 is 1. The van der Waals surface area contributed by atoms with Gasteiger partial charge in [0, 0.05) is 30.8 Å². The summed E-state index contributed by atoms with van der Waals surface area (Å²) in [5.41, 5.74) is 2.60. The summed E-state index contributed by atoms with van der Waals surface area (Å²) in [4.78, 5) is 49.0. The Morgan fingerprint density at radius 2 is 2.22 bits per heavy atom. The van der Waals surface area contributed by atoms with Crippen molar-refractivity contribution in [1.82, 2.24) is 30.5 Å². The molecule has 0 bridgehead atoms. The average Bonchev–Trinajstić information content (AvgIpc) is 3.23. The summed E-state index contributed by atoms with van der Waals surface area (Å²) in [5.74, 6) is 0.550. The van der Waals surface area contributed by atoms with Crippen molar-refractivity contribution in [2.45, 2.75) is 25.4 Å². The van der Waals surface area contributed by atoms with Crippen LogP contribution in [-0.4, -0.2) is 57.4 Å². The molecule has 2 aliphatic rings. The third-order valence-corrected chi connectivity index (χ3v) is 4.64. The molecule has 2 aliphatic heterocycles. The lowest BCUT2D eigenvalue weighted by Crippen LogP contribution is -2.41. The van der Waals surface area contributed by atoms with E-state index >= 15 is 0 Å². The van der Waals surface area contributed by atoms with Gasteiger partial charge >= 0.3 is 6.03 Å². The van der Waals surface area contributed by atoms with Gasteiger partial charge in [-0.1, -0.05) is 0 Å². The predicted molar refractivity (Wildman–Crippen MR) is 92.6 cm³/mol. The number of carbonyl (C=O) groups is 3. The highest BCUT2D eigenvalue weighted by Gasteiger charge is 2.33. The summed E-state index contributed by atoms with van der Waals surface area (Å²) < 4.78 is 5.05. The Morgan fingerprint density at radius 1 is 1.37 bits per heavy atom. The zero-order chi connectivity index (χ0) is 19.0. The third kappa shape index (κ3) is 3.33. The van der Waals surface area contributed by atoms with Gasteiger partial charge in [-0.2, -0.15) is 0 Å². The van der Waals surface area contributed by atoms with Gasteiger partial charge in [0.15, 0.2) is 0 Å². The summed E-state index contributed by atoms with van der Waals surface area (Å²) in [7, 11) is 1.56. The quantitative estimate of drug-likeness (QED) is 0.648. The summed E-state index contributed by atoms with van der Waals surface area (Å²) in [6, 6.07) is 2.24. The number of urea groups is 1. The molecule has 1 atom stereocenters. The van der Waals surface area contributed by atoms with E-state index in [1.54, 1.807) is 24.3 Å². The van der Waals surface area contributed by atoms with E-state index in [-0.39, 0.29) is 12.3 Å². The minimum absolute atomic E-state index is 0.0592. The molecule has 10 heteroatoms. The number of aromatic nitrogens is 3. The van der Waals surface area contributed by atoms with Crippen LogP contribution in [0.3, 0.4) is 0 Å². The Labute approximate surface area is 154 Å². The lowest BCUT2D eigenvalue weighted by molar-refractivity contribution is -0.134. The van der Waals surface area contributed by atoms with Crippen LogP contribution in [0.4, 0.5) is 4.79 Å². The van der Waals surface area contributed by atoms with Gasteiger partial charge < -0.3 is 19.9 Å². The minimum Gasteiger partial charge on any atom is -0.481 e. The fourth-order valence-electron chi connectivity index (χ4n) is 3.19. The first-order chi connectivity index (χ1) is 13.0. The second kappa shape index (κ2) is 6.71. The molecule has 0 unspecified atom stereocenters. The van der Waals surface area contributed by atoms with Crippen molar-refractivity contribution in [2.24, 2.45) is 0 Å². The highest BCUT2D eigenvalue weighted by molar-refractivity contribution is 6.05. The van der Waals surface area contributed by atoms with Crippen molar-refractivity contribution in [3.63, 3.8) is 0 Å². The second-order valence-corrected chi connectivity index (χ2v) is 6.38. The number of fused-ring (bicyclic) bond motifs is 1. The van der Waals surface area contributed by atoms with E-state index in [0.29, 0.717) is 31.2 Å². The third-order valence-electron chi connectivity index (χ3n) is 4.64. The number of aromatic amines is 1. The summed E-state index contributed by atoms with van der Waals surface area (Å²) in [6.45, 7) is 0.895. The van der Waals surface area contributed by atoms with Gasteiger partial charge in [0.05, 0.1) is 31.5 Å². The van der Waals surface area contributed by atoms with Gasteiger partial charge in [0.1, 0.15) is 11.9 Å². The predicted octanol–water partition coefficient (Wildman–Crippen LogP) is -0.0369. The van der Waals surface area contributed by atoms with Crippen molar-refractivity contribution in [2.75, 3.05) is 13.7 Å². The summed E-state index contributed by atoms with van der Waals surface area (Å²) in [6.07, 6.45) is 2.23. The molecule has 140 valence electrons. The molecule has 3 N–H and O–H groups in total. The molecule has 0 saturated carbocycles. The van der Waals surface area contributed by atoms with Gasteiger partial charge in [-0.25, -0.2) is 14.8 Å². The largest absolute Gasteiger partial charge is 0.481 e. The summed E-state index contributed by atoms with van der Waals surface area (Å²) in [5, 5.41) is 4.57. The normalized spacial score (nSPS) is 18.7. The van der Waals surface area contributed by atoms with Crippen LogP contribution in [0.2, 0.25) is 0 Å². The number of nitrogens with one attached hydrogen (secondary N) is 3. The first-order valence-electron chi connectivity index (χ1n) is 8.51. The smallest absolute Gasteiger partial charge is 0.322 e. The molecule has 4 amide bonds. The molecule has 4 rings (SSSR count). The van der Waals surface area contributed by atoms with Crippen molar-refractivity contribution in [3.05, 3.63) is 29.7 Å². The summed E-state index contributed by atoms with van der Waals surface area (Å²) >= 11 is 0. The zero-order valence-electron chi connectivity index (χ0n) is 14.6. The average molecular weight is 370 g/mol. The Kier molecular flexibility index (Phi) is 4.22. The van der Waals surface area contributed by atoms with Gasteiger partial charge in [-0.05, 0) is 6.07 Å². The number of hydrogen-bond donors (Lipinski definition) is 3. The maximum absolute atomic E-state index is 12.5. The van der Waals surface area contributed by atoms with Crippen molar-refractivity contribution in [1.29, 1.82) is 0 Å². The molecule has 10 nitrogen and oxygen atoms in total. The number of carbonyl (C=O) groups excluding carboxylic acids is 3. The van der Waals surface area contributed by atoms with Crippen LogP contribution in [0.5, 0.6) is 5.88 Å². The van der Waals surface area contributed by atoms with E-state index in [9.17, 15) is 14.4 Å². The Balaban J connectivity index is 1.45. The molecule has 2 aromatic heterocycles. The molecule has 1 fully saturated rings. The Morgan fingerprint density at radius 3 is 2.89 bits per heavy atom. The fourth-order valence-corrected chi connectivity index (χ4v) is 3.19. The van der Waals surface area contributed by atoms with Crippen LogP contribution < -0.4 is 15.4 Å². The molecule has 4 heterocycles. The molecule has 27 heavy (non-hydrogen) atoms. The van der Waals surface area contributed by atoms with Crippen LogP contribution >= 0.6 is 0 Å². The van der Waals surface area contributed by atoms with Gasteiger partial charge in [0.25, 0.3) is 5.91 Å². The van der Waals surface area contributed by atoms with Crippen LogP contribution in [-0.2, 0) is 22.6 Å². The van der Waals surface area contributed by atoms with Crippen LogP contribution in [0.1, 0.15) is 17.8 Å². The number of H-pyrrole nitrogens is 1. The molecule has 0 radical (unpaired) electrons. The van der Waals surface area contributed by atoms with E-state index in [2.05, 4.69) is 25.6 Å². The van der Waals surface area contributed by atoms with Crippen molar-refractivity contribution in [3.8, 4) is 17.3 Å². The lowest BCUT2D eigenvalue weighted by Gasteiger charge is -2.26. The minimum atomic E-state index is -0.811. The fraction of sp³-hybridized carbons (Fsp3) is 0.353. The van der Waals surface area contributed by atoms with Crippen LogP contribution in [0, 0.1) is 0 Å². The molecule has 0 aliphatic carbocycles. The van der Waals surface area contributed by atoms with Gasteiger partial charge in [0.2, 0.25) is 11.8 Å². The lowest BCUT2D eigenvalue weighted by atomic mass is 10.1. The maximum Gasteiger partial charge on any atom is 0.322 e. The molecular formula is C17H18N6O4. The van der Waals surface area contributed by atoms with Gasteiger partial charge in [-0.3, -0.25) is 14.9 Å². The molecule has 2 aromatic rings. The van der Waals surface area contributed by atoms with Crippen LogP contribution in [0.25, 0.3) is 11.4 Å². The molecular weight excluding hydrogens is 352 g/mol. The number of ether oxygens (including phenoxy) is 1. The van der Waals surface area contributed by atoms with Crippen LogP contribution in [0.15, 0.2) is 18.3 Å². The van der Waals surface area contributed by atoms with E-state index < -0.39 is 18.0 Å². The first kappa shape index (κ1) is 17.0. The SMILES string of the molecule is COc1ccc(-c2nc3c([nH]2)CN(C(=O)C[C@H]2NC(=O)NC2=O)CC3)cn1. The number of rotatable bonds is 4. The number of hydrogen-bond acceptors (Lipinski definition) is 6. The second-order valence-electron chi connectivity index (χ2n) is 6.38. The monoisotopic (exact) mass is 370 g/mol. The number of amides is 4. The molecule has 1 saturated heterocycles. The van der Waals surface area contributed by atoms with Gasteiger partial charge in [-0.15, -0.1) is 0 Å². The van der Waals surface area contributed by atoms with E-state index in [1.165, 1.54) is 0 Å². The number of nitrogens with zero attached hydrogens (tertiary/aromatic N) is 3. The van der Waals surface area contributed by atoms with Crippen molar-refractivity contribution < 1.29 is 19.1 Å². The standard InChI is InChI=1S/C17H18N6O4/c1-27-13-3-2-9(7-18-13)15-19-10-4-5-23(8-12(10)20-15)14(24)6-11-16(25)22-17(26)21-11/h2-3,7,11H,4-6,8H2,1H3,(H,19,20)(H2,21,22,25,26)/t11-/m1/s1. The Bertz CT molecular complexity index is 907. The highest BCUT2D eigenvalue weighted by atomic mass is 16.5. The van der Waals surface area contributed by atoms with E-state index in [4.69, 9.17) is 4.74 Å². The number of pyridine rings is 1. The number of imide groups is 1. The highest BCUT2D eigenvalue weighted by Crippen LogP contribution is 2.24.